The number of rotatable bonds is 11. The maximum atomic E-state index is 14.0. The van der Waals surface area contributed by atoms with Crippen molar-refractivity contribution in [2.75, 3.05) is 23.7 Å². The van der Waals surface area contributed by atoms with Gasteiger partial charge in [0.1, 0.15) is 12.6 Å². The summed E-state index contributed by atoms with van der Waals surface area (Å²) in [7, 11) is -3.81. The van der Waals surface area contributed by atoms with Crippen molar-refractivity contribution in [2.45, 2.75) is 39.8 Å². The Hall–Kier alpha value is -3.36. The van der Waals surface area contributed by atoms with E-state index in [1.165, 1.54) is 4.90 Å². The van der Waals surface area contributed by atoms with Crippen LogP contribution in [0.2, 0.25) is 5.02 Å². The van der Waals surface area contributed by atoms with Crippen molar-refractivity contribution in [3.8, 4) is 0 Å². The van der Waals surface area contributed by atoms with E-state index >= 15 is 0 Å². The fourth-order valence-electron chi connectivity index (χ4n) is 4.22. The molecule has 9 heteroatoms. The zero-order chi connectivity index (χ0) is 27.9. The lowest BCUT2D eigenvalue weighted by Gasteiger charge is -2.33. The fraction of sp³-hybridized carbons (Fsp3) is 0.310. The lowest BCUT2D eigenvalue weighted by Crippen LogP contribution is -2.53. The minimum absolute atomic E-state index is 0.106. The van der Waals surface area contributed by atoms with Crippen molar-refractivity contribution >= 4 is 39.1 Å². The predicted octanol–water partition coefficient (Wildman–Crippen LogP) is 4.50. The lowest BCUT2D eigenvalue weighted by molar-refractivity contribution is -0.140. The van der Waals surface area contributed by atoms with E-state index in [1.807, 2.05) is 56.3 Å². The fourth-order valence-corrected chi connectivity index (χ4v) is 5.24. The number of halogens is 1. The Morgan fingerprint density at radius 2 is 1.61 bits per heavy atom. The molecular weight excluding hydrogens is 522 g/mol. The number of aryl methyl sites for hydroxylation is 2. The molecule has 1 atom stereocenters. The standard InChI is InChI=1S/C29H34ClN3O4S/c1-5-31-29(35)27(18-23-9-7-6-8-10-23)32(19-24-13-15-25(30)16-14-24)28(34)20-33(38(4,36)37)26-17-21(2)11-12-22(26)3/h6-17,27H,5,18-20H2,1-4H3,(H,31,35)/t27-/m0/s1. The van der Waals surface area contributed by atoms with E-state index in [0.29, 0.717) is 17.3 Å². The Balaban J connectivity index is 2.06. The van der Waals surface area contributed by atoms with Crippen LogP contribution in [-0.2, 0) is 32.6 Å². The summed E-state index contributed by atoms with van der Waals surface area (Å²) in [6.45, 7) is 5.54. The molecule has 2 amide bonds. The van der Waals surface area contributed by atoms with Crippen molar-refractivity contribution in [2.24, 2.45) is 0 Å². The normalized spacial score (nSPS) is 12.0. The highest BCUT2D eigenvalue weighted by Gasteiger charge is 2.33. The summed E-state index contributed by atoms with van der Waals surface area (Å²) < 4.78 is 26.9. The van der Waals surface area contributed by atoms with Crippen LogP contribution >= 0.6 is 11.6 Å². The van der Waals surface area contributed by atoms with E-state index in [4.69, 9.17) is 11.6 Å². The number of amides is 2. The summed E-state index contributed by atoms with van der Waals surface area (Å²) in [4.78, 5) is 28.8. The van der Waals surface area contributed by atoms with Crippen molar-refractivity contribution in [1.82, 2.24) is 10.2 Å². The van der Waals surface area contributed by atoms with E-state index in [0.717, 1.165) is 32.8 Å². The third kappa shape index (κ3) is 7.82. The first-order valence-corrected chi connectivity index (χ1v) is 14.6. The van der Waals surface area contributed by atoms with E-state index < -0.39 is 28.5 Å². The third-order valence-electron chi connectivity index (χ3n) is 6.20. The van der Waals surface area contributed by atoms with Gasteiger partial charge in [-0.25, -0.2) is 8.42 Å². The number of benzene rings is 3. The SMILES string of the molecule is CCNC(=O)[C@H](Cc1ccccc1)N(Cc1ccc(Cl)cc1)C(=O)CN(c1cc(C)ccc1C)S(C)(=O)=O. The molecule has 0 unspecified atom stereocenters. The van der Waals surface area contributed by atoms with Crippen LogP contribution in [0.3, 0.4) is 0 Å². The summed E-state index contributed by atoms with van der Waals surface area (Å²) in [6.07, 6.45) is 1.35. The molecule has 0 bridgehead atoms. The van der Waals surface area contributed by atoms with E-state index in [9.17, 15) is 18.0 Å². The van der Waals surface area contributed by atoms with Crippen LogP contribution in [0.25, 0.3) is 0 Å². The van der Waals surface area contributed by atoms with Crippen LogP contribution in [0, 0.1) is 13.8 Å². The number of hydrogen-bond acceptors (Lipinski definition) is 4. The van der Waals surface area contributed by atoms with E-state index in [1.54, 1.807) is 37.3 Å². The minimum atomic E-state index is -3.81. The minimum Gasteiger partial charge on any atom is -0.355 e. The number of hydrogen-bond donors (Lipinski definition) is 1. The first-order chi connectivity index (χ1) is 18.0. The molecule has 0 saturated heterocycles. The van der Waals surface area contributed by atoms with E-state index in [-0.39, 0.29) is 18.9 Å². The van der Waals surface area contributed by atoms with Gasteiger partial charge in [0.15, 0.2) is 0 Å². The van der Waals surface area contributed by atoms with Gasteiger partial charge in [-0.1, -0.05) is 66.2 Å². The van der Waals surface area contributed by atoms with Crippen molar-refractivity contribution in [3.63, 3.8) is 0 Å². The molecular formula is C29H34ClN3O4S. The van der Waals surface area contributed by atoms with E-state index in [2.05, 4.69) is 5.32 Å². The van der Waals surface area contributed by atoms with Gasteiger partial charge in [0.25, 0.3) is 0 Å². The largest absolute Gasteiger partial charge is 0.355 e. The Morgan fingerprint density at radius 1 is 0.947 bits per heavy atom. The molecule has 3 rings (SSSR count). The maximum Gasteiger partial charge on any atom is 0.244 e. The van der Waals surface area contributed by atoms with Gasteiger partial charge in [0, 0.05) is 24.5 Å². The molecule has 0 fully saturated rings. The highest BCUT2D eigenvalue weighted by Crippen LogP contribution is 2.25. The molecule has 3 aromatic carbocycles. The van der Waals surface area contributed by atoms with Gasteiger partial charge in [-0.2, -0.15) is 0 Å². The summed E-state index contributed by atoms with van der Waals surface area (Å²) in [5.74, 6) is -0.797. The topological polar surface area (TPSA) is 86.8 Å². The summed E-state index contributed by atoms with van der Waals surface area (Å²) in [6, 6.07) is 21.1. The molecule has 0 aliphatic heterocycles. The Morgan fingerprint density at radius 3 is 2.21 bits per heavy atom. The molecule has 0 radical (unpaired) electrons. The zero-order valence-electron chi connectivity index (χ0n) is 22.1. The molecule has 202 valence electrons. The Bertz CT molecular complexity index is 1360. The number of nitrogens with one attached hydrogen (secondary N) is 1. The molecule has 0 aromatic heterocycles. The van der Waals surface area contributed by atoms with Crippen molar-refractivity contribution < 1.29 is 18.0 Å². The number of nitrogens with zero attached hydrogens (tertiary/aromatic N) is 2. The van der Waals surface area contributed by atoms with Crippen LogP contribution in [0.5, 0.6) is 0 Å². The quantitative estimate of drug-likeness (QED) is 0.377. The highest BCUT2D eigenvalue weighted by atomic mass is 35.5. The molecule has 1 N–H and O–H groups in total. The highest BCUT2D eigenvalue weighted by molar-refractivity contribution is 7.92. The third-order valence-corrected chi connectivity index (χ3v) is 7.58. The first-order valence-electron chi connectivity index (χ1n) is 12.4. The second kappa shape index (κ2) is 12.9. The van der Waals surface area contributed by atoms with Gasteiger partial charge in [0.2, 0.25) is 21.8 Å². The van der Waals surface area contributed by atoms with Gasteiger partial charge in [-0.15, -0.1) is 0 Å². The van der Waals surface area contributed by atoms with Gasteiger partial charge < -0.3 is 10.2 Å². The number of carbonyl (C=O) groups excluding carboxylic acids is 2. The van der Waals surface area contributed by atoms with Gasteiger partial charge >= 0.3 is 0 Å². The lowest BCUT2D eigenvalue weighted by atomic mass is 10.0. The monoisotopic (exact) mass is 555 g/mol. The van der Waals surface area contributed by atoms with Gasteiger partial charge in [0.05, 0.1) is 11.9 Å². The molecule has 0 saturated carbocycles. The molecule has 3 aromatic rings. The number of likely N-dealkylation sites (N-methyl/N-ethyl adjacent to an activating group) is 1. The molecule has 0 spiro atoms. The molecule has 38 heavy (non-hydrogen) atoms. The second-order valence-electron chi connectivity index (χ2n) is 9.31. The maximum absolute atomic E-state index is 14.0. The Kier molecular flexibility index (Phi) is 9.94. The summed E-state index contributed by atoms with van der Waals surface area (Å²) >= 11 is 6.07. The number of sulfonamides is 1. The predicted molar refractivity (Wildman–Crippen MR) is 153 cm³/mol. The average molecular weight is 556 g/mol. The molecule has 0 aliphatic carbocycles. The zero-order valence-corrected chi connectivity index (χ0v) is 23.7. The van der Waals surface area contributed by atoms with Crippen LogP contribution in [0.1, 0.15) is 29.2 Å². The van der Waals surface area contributed by atoms with Crippen LogP contribution < -0.4 is 9.62 Å². The number of anilines is 1. The summed E-state index contributed by atoms with van der Waals surface area (Å²) in [5, 5.41) is 3.39. The van der Waals surface area contributed by atoms with Gasteiger partial charge in [-0.05, 0) is 61.2 Å². The first kappa shape index (κ1) is 29.2. The average Bonchev–Trinajstić information content (AvgIpc) is 2.87. The molecule has 0 heterocycles. The second-order valence-corrected chi connectivity index (χ2v) is 11.7. The molecule has 0 aliphatic rings. The number of carbonyl (C=O) groups is 2. The Labute approximate surface area is 230 Å². The van der Waals surface area contributed by atoms with Gasteiger partial charge in [-0.3, -0.25) is 13.9 Å². The van der Waals surface area contributed by atoms with Crippen molar-refractivity contribution in [1.29, 1.82) is 0 Å². The smallest absolute Gasteiger partial charge is 0.244 e. The van der Waals surface area contributed by atoms with Crippen LogP contribution in [0.4, 0.5) is 5.69 Å². The molecule has 7 nitrogen and oxygen atoms in total. The van der Waals surface area contributed by atoms with Crippen LogP contribution in [-0.4, -0.2) is 50.5 Å². The summed E-state index contributed by atoms with van der Waals surface area (Å²) in [5.41, 5.74) is 3.68. The van der Waals surface area contributed by atoms with Crippen LogP contribution in [0.15, 0.2) is 72.8 Å². The van der Waals surface area contributed by atoms with Crippen molar-refractivity contribution in [3.05, 3.63) is 100 Å².